The van der Waals surface area contributed by atoms with Crippen LogP contribution in [0.1, 0.15) is 44.7 Å². The minimum atomic E-state index is -0.346. The molecule has 142 valence electrons. The van der Waals surface area contributed by atoms with Gasteiger partial charge in [0, 0.05) is 45.2 Å². The van der Waals surface area contributed by atoms with Gasteiger partial charge in [0.2, 0.25) is 0 Å². The van der Waals surface area contributed by atoms with Crippen molar-refractivity contribution >= 4 is 28.4 Å². The summed E-state index contributed by atoms with van der Waals surface area (Å²) >= 11 is 6.46. The lowest BCUT2D eigenvalue weighted by Gasteiger charge is -2.36. The number of hydrogen-bond donors (Lipinski definition) is 1. The van der Waals surface area contributed by atoms with Crippen molar-refractivity contribution in [2.24, 2.45) is 0 Å². The van der Waals surface area contributed by atoms with Crippen molar-refractivity contribution in [3.05, 3.63) is 106 Å². The van der Waals surface area contributed by atoms with E-state index in [9.17, 15) is 9.18 Å². The van der Waals surface area contributed by atoms with E-state index in [-0.39, 0.29) is 23.7 Å². The molecule has 1 amide bonds. The fourth-order valence-corrected chi connectivity index (χ4v) is 5.31. The van der Waals surface area contributed by atoms with E-state index < -0.39 is 0 Å². The minimum absolute atomic E-state index is 0.0210. The average molecular weight is 403 g/mol. The van der Waals surface area contributed by atoms with Crippen LogP contribution in [0.15, 0.2) is 66.7 Å². The molecule has 29 heavy (non-hydrogen) atoms. The number of rotatable bonds is 1. The highest BCUT2D eigenvalue weighted by molar-refractivity contribution is 6.31. The van der Waals surface area contributed by atoms with Gasteiger partial charge >= 0.3 is 0 Å². The molecule has 3 heterocycles. The van der Waals surface area contributed by atoms with Gasteiger partial charge in [0.05, 0.1) is 6.04 Å². The van der Waals surface area contributed by atoms with Gasteiger partial charge in [-0.3, -0.25) is 4.79 Å². The molecule has 2 aliphatic heterocycles. The number of benzene rings is 3. The van der Waals surface area contributed by atoms with Gasteiger partial charge in [-0.05, 0) is 35.4 Å². The molecule has 5 heteroatoms. The number of aromatic nitrogens is 1. The monoisotopic (exact) mass is 402 g/mol. The van der Waals surface area contributed by atoms with Crippen molar-refractivity contribution in [2.45, 2.75) is 12.0 Å². The van der Waals surface area contributed by atoms with E-state index in [1.807, 2.05) is 53.4 Å². The molecule has 0 saturated carbocycles. The Labute approximate surface area is 171 Å². The highest BCUT2D eigenvalue weighted by Crippen LogP contribution is 2.50. The Kier molecular flexibility index (Phi) is 3.44. The lowest BCUT2D eigenvalue weighted by Crippen LogP contribution is -2.38. The Morgan fingerprint density at radius 2 is 1.76 bits per heavy atom. The summed E-state index contributed by atoms with van der Waals surface area (Å²) < 4.78 is 14.9. The van der Waals surface area contributed by atoms with Gasteiger partial charge in [-0.2, -0.15) is 0 Å². The third kappa shape index (κ3) is 2.21. The van der Waals surface area contributed by atoms with E-state index in [1.54, 1.807) is 12.1 Å². The maximum atomic E-state index is 14.9. The average Bonchev–Trinajstić information content (AvgIpc) is 3.24. The third-order valence-electron chi connectivity index (χ3n) is 6.18. The van der Waals surface area contributed by atoms with E-state index in [4.69, 9.17) is 11.6 Å². The van der Waals surface area contributed by atoms with Crippen LogP contribution in [0.2, 0.25) is 5.02 Å². The zero-order valence-electron chi connectivity index (χ0n) is 15.3. The summed E-state index contributed by atoms with van der Waals surface area (Å²) in [6.45, 7) is 0.383. The Balaban J connectivity index is 1.67. The second-order valence-electron chi connectivity index (χ2n) is 7.63. The molecule has 1 N–H and O–H groups in total. The summed E-state index contributed by atoms with van der Waals surface area (Å²) in [5.74, 6) is -0.710. The van der Waals surface area contributed by atoms with Crippen LogP contribution in [0.3, 0.4) is 0 Å². The summed E-state index contributed by atoms with van der Waals surface area (Å²) in [5, 5.41) is 1.43. The Bertz CT molecular complexity index is 1290. The van der Waals surface area contributed by atoms with Crippen LogP contribution in [0, 0.1) is 5.82 Å². The Morgan fingerprint density at radius 1 is 0.966 bits per heavy atom. The summed E-state index contributed by atoms with van der Waals surface area (Å²) in [7, 11) is 0. The first-order valence-electron chi connectivity index (χ1n) is 9.59. The fourth-order valence-electron chi connectivity index (χ4n) is 5.01. The number of nitrogens with zero attached hydrogens (tertiary/aromatic N) is 1. The molecule has 0 saturated heterocycles. The number of hydrogen-bond acceptors (Lipinski definition) is 1. The lowest BCUT2D eigenvalue weighted by molar-refractivity contribution is 0.0727. The van der Waals surface area contributed by atoms with Crippen molar-refractivity contribution < 1.29 is 9.18 Å². The van der Waals surface area contributed by atoms with Crippen LogP contribution in [0.25, 0.3) is 10.9 Å². The van der Waals surface area contributed by atoms with Crippen molar-refractivity contribution in [1.82, 2.24) is 9.88 Å². The van der Waals surface area contributed by atoms with Crippen molar-refractivity contribution in [2.75, 3.05) is 6.54 Å². The van der Waals surface area contributed by atoms with Gasteiger partial charge in [-0.25, -0.2) is 4.39 Å². The van der Waals surface area contributed by atoms with Crippen LogP contribution < -0.4 is 0 Å². The third-order valence-corrected chi connectivity index (χ3v) is 6.51. The number of amides is 1. The van der Waals surface area contributed by atoms with Crippen LogP contribution in [0.4, 0.5) is 4.39 Å². The second kappa shape index (κ2) is 5.94. The minimum Gasteiger partial charge on any atom is -0.356 e. The van der Waals surface area contributed by atoms with Gasteiger partial charge in [0.1, 0.15) is 5.82 Å². The van der Waals surface area contributed by atoms with E-state index >= 15 is 0 Å². The van der Waals surface area contributed by atoms with Crippen molar-refractivity contribution in [3.63, 3.8) is 0 Å². The summed E-state index contributed by atoms with van der Waals surface area (Å²) in [6, 6.07) is 20.3. The van der Waals surface area contributed by atoms with Crippen molar-refractivity contribution in [1.29, 1.82) is 0 Å². The first-order chi connectivity index (χ1) is 14.1. The molecule has 4 aromatic rings. The number of halogens is 2. The highest BCUT2D eigenvalue weighted by Gasteiger charge is 2.46. The molecule has 6 rings (SSSR count). The van der Waals surface area contributed by atoms with E-state index in [2.05, 4.69) is 4.98 Å². The predicted octanol–water partition coefficient (Wildman–Crippen LogP) is 5.65. The van der Waals surface area contributed by atoms with Crippen LogP contribution in [-0.2, 0) is 0 Å². The van der Waals surface area contributed by atoms with Gasteiger partial charge < -0.3 is 9.88 Å². The normalized spacial score (nSPS) is 19.9. The SMILES string of the molecule is O=C1c2ccccc2[C@H]2c3[nH]c4ccccc4c3[C@@H](c3c(F)cccc3Cl)CN12. The Hall–Kier alpha value is -3.11. The molecule has 2 aliphatic rings. The number of carbonyl (C=O) groups is 1. The van der Waals surface area contributed by atoms with Gasteiger partial charge in [-0.15, -0.1) is 0 Å². The number of para-hydroxylation sites is 1. The molecule has 0 spiro atoms. The number of H-pyrrole nitrogens is 1. The maximum absolute atomic E-state index is 14.9. The Morgan fingerprint density at radius 3 is 2.62 bits per heavy atom. The first kappa shape index (κ1) is 16.8. The quantitative estimate of drug-likeness (QED) is 0.438. The van der Waals surface area contributed by atoms with Crippen LogP contribution >= 0.6 is 11.6 Å². The number of carbonyl (C=O) groups excluding carboxylic acids is 1. The molecular weight excluding hydrogens is 387 g/mol. The molecule has 0 bridgehead atoms. The number of fused-ring (bicyclic) bond motifs is 7. The zero-order chi connectivity index (χ0) is 19.7. The topological polar surface area (TPSA) is 36.1 Å². The first-order valence-corrected chi connectivity index (χ1v) is 9.97. The van der Waals surface area contributed by atoms with E-state index in [0.29, 0.717) is 22.7 Å². The highest BCUT2D eigenvalue weighted by atomic mass is 35.5. The molecule has 0 fully saturated rings. The van der Waals surface area contributed by atoms with E-state index in [1.165, 1.54) is 6.07 Å². The molecule has 1 aromatic heterocycles. The zero-order valence-corrected chi connectivity index (χ0v) is 16.1. The largest absolute Gasteiger partial charge is 0.356 e. The number of nitrogens with one attached hydrogen (secondary N) is 1. The predicted molar refractivity (Wildman–Crippen MR) is 111 cm³/mol. The standard InChI is InChI=1S/C24H16ClFN2O/c25-17-9-5-10-18(26)21(17)16-12-28-23(13-6-1-2-7-14(13)24(28)29)22-20(16)15-8-3-4-11-19(15)27-22/h1-11,16,23,27H,12H2/t16-,23-/m0/s1. The molecule has 0 radical (unpaired) electrons. The second-order valence-corrected chi connectivity index (χ2v) is 8.04. The van der Waals surface area contributed by atoms with Crippen molar-refractivity contribution in [3.8, 4) is 0 Å². The van der Waals surface area contributed by atoms with Gasteiger partial charge in [0.15, 0.2) is 0 Å². The molecular formula is C24H16ClFN2O. The summed E-state index contributed by atoms with van der Waals surface area (Å²) in [6.07, 6.45) is 0. The maximum Gasteiger partial charge on any atom is 0.255 e. The fraction of sp³-hybridized carbons (Fsp3) is 0.125. The summed E-state index contributed by atoms with van der Waals surface area (Å²) in [5.41, 5.74) is 5.10. The molecule has 3 nitrogen and oxygen atoms in total. The lowest BCUT2D eigenvalue weighted by atomic mass is 9.82. The van der Waals surface area contributed by atoms with Gasteiger partial charge in [0.25, 0.3) is 5.91 Å². The molecule has 3 aromatic carbocycles. The molecule has 0 aliphatic carbocycles. The van der Waals surface area contributed by atoms with Crippen LogP contribution in [-0.4, -0.2) is 22.3 Å². The van der Waals surface area contributed by atoms with E-state index in [0.717, 1.165) is 27.7 Å². The smallest absolute Gasteiger partial charge is 0.255 e. The van der Waals surface area contributed by atoms with Gasteiger partial charge in [-0.1, -0.05) is 54.1 Å². The van der Waals surface area contributed by atoms with Crippen LogP contribution in [0.5, 0.6) is 0 Å². The summed E-state index contributed by atoms with van der Waals surface area (Å²) in [4.78, 5) is 18.6. The molecule has 0 unspecified atom stereocenters. The molecule has 2 atom stereocenters. The number of aromatic amines is 1.